The zero-order chi connectivity index (χ0) is 17.2. The molecule has 0 atom stereocenters. The largest absolute Gasteiger partial charge is 0.385 e. The molecule has 2 N–H and O–H groups in total. The van der Waals surface area contributed by atoms with Gasteiger partial charge in [0.05, 0.1) is 0 Å². The van der Waals surface area contributed by atoms with E-state index in [0.717, 1.165) is 50.3 Å². The van der Waals surface area contributed by atoms with E-state index in [1.807, 2.05) is 43.1 Å². The summed E-state index contributed by atoms with van der Waals surface area (Å²) in [6.45, 7) is 5.63. The molecule has 2 aromatic rings. The first-order valence-corrected chi connectivity index (χ1v) is 8.17. The van der Waals surface area contributed by atoms with Crippen LogP contribution in [0.4, 0.5) is 0 Å². The van der Waals surface area contributed by atoms with Crippen LogP contribution >= 0.6 is 24.0 Å². The van der Waals surface area contributed by atoms with Crippen molar-refractivity contribution in [3.63, 3.8) is 0 Å². The van der Waals surface area contributed by atoms with Crippen LogP contribution in [-0.4, -0.2) is 52.1 Å². The van der Waals surface area contributed by atoms with Gasteiger partial charge in [-0.15, -0.1) is 34.2 Å². The molecule has 0 spiro atoms. The van der Waals surface area contributed by atoms with Gasteiger partial charge in [0.2, 0.25) is 0 Å². The highest BCUT2D eigenvalue weighted by Gasteiger charge is 2.05. The van der Waals surface area contributed by atoms with Gasteiger partial charge in [-0.2, -0.15) is 0 Å². The predicted octanol–water partition coefficient (Wildman–Crippen LogP) is 1.31. The van der Waals surface area contributed by atoms with Gasteiger partial charge in [0, 0.05) is 52.8 Å². The van der Waals surface area contributed by atoms with Crippen LogP contribution in [0, 0.1) is 6.92 Å². The van der Waals surface area contributed by atoms with E-state index < -0.39 is 0 Å². The molecule has 8 nitrogen and oxygen atoms in total. The second-order valence-corrected chi connectivity index (χ2v) is 5.51. The Hall–Kier alpha value is -1.62. The van der Waals surface area contributed by atoms with Crippen LogP contribution in [0.3, 0.4) is 0 Å². The number of rotatable bonds is 9. The Labute approximate surface area is 166 Å². The molecule has 25 heavy (non-hydrogen) atoms. The lowest BCUT2D eigenvalue weighted by atomic mass is 10.4. The number of aryl methyl sites for hydroxylation is 1. The summed E-state index contributed by atoms with van der Waals surface area (Å²) in [6.07, 6.45) is 5.03. The molecule has 0 aliphatic carbocycles. The van der Waals surface area contributed by atoms with Crippen LogP contribution in [0.15, 0.2) is 29.5 Å². The van der Waals surface area contributed by atoms with Gasteiger partial charge >= 0.3 is 0 Å². The van der Waals surface area contributed by atoms with E-state index in [9.17, 15) is 0 Å². The second-order valence-electron chi connectivity index (χ2n) is 5.51. The molecule has 0 bridgehead atoms. The monoisotopic (exact) mass is 461 g/mol. The van der Waals surface area contributed by atoms with E-state index in [2.05, 4.69) is 30.4 Å². The third-order valence-electron chi connectivity index (χ3n) is 3.71. The summed E-state index contributed by atoms with van der Waals surface area (Å²) >= 11 is 0. The number of methoxy groups -OCH3 is 1. The van der Waals surface area contributed by atoms with E-state index in [4.69, 9.17) is 4.74 Å². The molecule has 0 unspecified atom stereocenters. The van der Waals surface area contributed by atoms with Gasteiger partial charge < -0.3 is 24.5 Å². The molecule has 140 valence electrons. The molecular weight excluding hydrogens is 433 g/mol. The maximum absolute atomic E-state index is 5.08. The van der Waals surface area contributed by atoms with Gasteiger partial charge in [0.1, 0.15) is 12.4 Å². The summed E-state index contributed by atoms with van der Waals surface area (Å²) in [5.74, 6) is 2.50. The summed E-state index contributed by atoms with van der Waals surface area (Å²) in [5.41, 5.74) is 0. The molecule has 0 saturated carbocycles. The number of nitrogens with zero attached hydrogens (tertiary/aromatic N) is 5. The van der Waals surface area contributed by atoms with Crippen LogP contribution in [0.5, 0.6) is 0 Å². The number of aliphatic imine (C=N–C) groups is 1. The van der Waals surface area contributed by atoms with Gasteiger partial charge in [-0.05, 0) is 25.5 Å². The van der Waals surface area contributed by atoms with Gasteiger partial charge in [0.25, 0.3) is 0 Å². The highest BCUT2D eigenvalue weighted by molar-refractivity contribution is 14.0. The maximum Gasteiger partial charge on any atom is 0.191 e. The number of hydrogen-bond acceptors (Lipinski definition) is 4. The topological polar surface area (TPSA) is 81.3 Å². The maximum atomic E-state index is 5.08. The van der Waals surface area contributed by atoms with E-state index in [-0.39, 0.29) is 24.0 Å². The van der Waals surface area contributed by atoms with Crippen molar-refractivity contribution in [2.75, 3.05) is 26.8 Å². The normalized spacial score (nSPS) is 11.2. The Kier molecular flexibility index (Phi) is 10.2. The van der Waals surface area contributed by atoms with Crippen molar-refractivity contribution >= 4 is 29.9 Å². The highest BCUT2D eigenvalue weighted by atomic mass is 127. The molecule has 0 aromatic carbocycles. The fourth-order valence-electron chi connectivity index (χ4n) is 2.16. The zero-order valence-corrected chi connectivity index (χ0v) is 17.4. The van der Waals surface area contributed by atoms with Gasteiger partial charge in [-0.25, -0.2) is 4.99 Å². The van der Waals surface area contributed by atoms with Crippen LogP contribution in [0.2, 0.25) is 0 Å². The molecule has 0 aliphatic rings. The van der Waals surface area contributed by atoms with Gasteiger partial charge in [-0.3, -0.25) is 0 Å². The van der Waals surface area contributed by atoms with E-state index in [0.29, 0.717) is 6.54 Å². The minimum atomic E-state index is 0. The van der Waals surface area contributed by atoms with Crippen LogP contribution in [-0.2, 0) is 24.9 Å². The third-order valence-corrected chi connectivity index (χ3v) is 3.71. The quantitative estimate of drug-likeness (QED) is 0.255. The summed E-state index contributed by atoms with van der Waals surface area (Å²) in [7, 11) is 3.66. The van der Waals surface area contributed by atoms with Crippen LogP contribution in [0.1, 0.15) is 18.1 Å². The number of nitrogens with one attached hydrogen (secondary N) is 2. The van der Waals surface area contributed by atoms with Crippen molar-refractivity contribution < 1.29 is 4.74 Å². The van der Waals surface area contributed by atoms with Crippen molar-refractivity contribution in [1.82, 2.24) is 30.0 Å². The minimum absolute atomic E-state index is 0. The lowest BCUT2D eigenvalue weighted by Crippen LogP contribution is -2.39. The average Bonchev–Trinajstić information content (AvgIpc) is 3.20. The van der Waals surface area contributed by atoms with Crippen LogP contribution < -0.4 is 10.6 Å². The molecule has 0 saturated heterocycles. The third kappa shape index (κ3) is 7.43. The number of ether oxygens (including phenoxy) is 1. The number of halogens is 1. The summed E-state index contributed by atoms with van der Waals surface area (Å²) in [5, 5.41) is 14.9. The second kappa shape index (κ2) is 11.9. The Morgan fingerprint density at radius 1 is 1.20 bits per heavy atom. The SMILES string of the molecule is COCCCNC(=NCc1nnc(C)n1C)NCCn1cccc1.I. The minimum Gasteiger partial charge on any atom is -0.385 e. The Bertz CT molecular complexity index is 624. The summed E-state index contributed by atoms with van der Waals surface area (Å²) in [6, 6.07) is 4.04. The van der Waals surface area contributed by atoms with Gasteiger partial charge in [-0.1, -0.05) is 0 Å². The molecule has 0 fully saturated rings. The molecule has 0 aliphatic heterocycles. The number of aromatic nitrogens is 4. The lowest BCUT2D eigenvalue weighted by molar-refractivity contribution is 0.195. The molecule has 0 amide bonds. The molecule has 2 aromatic heterocycles. The zero-order valence-electron chi connectivity index (χ0n) is 15.1. The highest BCUT2D eigenvalue weighted by Crippen LogP contribution is 1.99. The fraction of sp³-hybridized carbons (Fsp3) is 0.562. The molecule has 2 heterocycles. The molecule has 2 rings (SSSR count). The van der Waals surface area contributed by atoms with Crippen molar-refractivity contribution in [2.45, 2.75) is 26.4 Å². The standard InChI is InChI=1S/C16H27N7O.HI/c1-14-20-21-15(22(14)2)13-19-16(17-7-6-12-24-3)18-8-11-23-9-4-5-10-23;/h4-5,9-10H,6-8,11-13H2,1-3H3,(H2,17,18,19);1H. The van der Waals surface area contributed by atoms with Crippen molar-refractivity contribution in [2.24, 2.45) is 12.0 Å². The van der Waals surface area contributed by atoms with Crippen LogP contribution in [0.25, 0.3) is 0 Å². The van der Waals surface area contributed by atoms with Crippen molar-refractivity contribution in [1.29, 1.82) is 0 Å². The molecule has 9 heteroatoms. The fourth-order valence-corrected chi connectivity index (χ4v) is 2.16. The molecule has 0 radical (unpaired) electrons. The van der Waals surface area contributed by atoms with Gasteiger partial charge in [0.15, 0.2) is 11.8 Å². The van der Waals surface area contributed by atoms with Crippen molar-refractivity contribution in [3.05, 3.63) is 36.2 Å². The van der Waals surface area contributed by atoms with E-state index in [1.54, 1.807) is 7.11 Å². The summed E-state index contributed by atoms with van der Waals surface area (Å²) < 4.78 is 9.15. The first kappa shape index (κ1) is 21.4. The Morgan fingerprint density at radius 3 is 2.56 bits per heavy atom. The van der Waals surface area contributed by atoms with E-state index in [1.165, 1.54) is 0 Å². The number of guanidine groups is 1. The Morgan fingerprint density at radius 2 is 1.92 bits per heavy atom. The lowest BCUT2D eigenvalue weighted by Gasteiger charge is -2.13. The van der Waals surface area contributed by atoms with Crippen molar-refractivity contribution in [3.8, 4) is 0 Å². The Balaban J connectivity index is 0.00000312. The molecular formula is C16H28IN7O. The first-order chi connectivity index (χ1) is 11.7. The smallest absolute Gasteiger partial charge is 0.191 e. The summed E-state index contributed by atoms with van der Waals surface area (Å²) in [4.78, 5) is 4.61. The predicted molar refractivity (Wildman–Crippen MR) is 109 cm³/mol. The first-order valence-electron chi connectivity index (χ1n) is 8.17. The van der Waals surface area contributed by atoms with E-state index >= 15 is 0 Å². The average molecular weight is 461 g/mol. The number of hydrogen-bond donors (Lipinski definition) is 2.